The monoisotopic (exact) mass is 256 g/mol. The van der Waals surface area contributed by atoms with Gasteiger partial charge in [0.25, 0.3) is 0 Å². The molecule has 0 aromatic heterocycles. The number of carboxylic acids is 1. The molecular weight excluding hydrogens is 244 g/mol. The van der Waals surface area contributed by atoms with Crippen molar-refractivity contribution in [1.82, 2.24) is 0 Å². The molecule has 1 aliphatic carbocycles. The lowest BCUT2D eigenvalue weighted by atomic mass is 9.74. The third-order valence-electron chi connectivity index (χ3n) is 3.22. The van der Waals surface area contributed by atoms with Crippen LogP contribution in [0.25, 0.3) is 0 Å². The van der Waals surface area contributed by atoms with Crippen molar-refractivity contribution in [1.29, 1.82) is 0 Å². The summed E-state index contributed by atoms with van der Waals surface area (Å²) in [5, 5.41) is 10.00. The fourth-order valence-electron chi connectivity index (χ4n) is 1.92. The van der Waals surface area contributed by atoms with Gasteiger partial charge in [-0.3, -0.25) is 4.79 Å². The third-order valence-corrected chi connectivity index (χ3v) is 5.13. The van der Waals surface area contributed by atoms with Crippen molar-refractivity contribution in [2.45, 2.75) is 29.4 Å². The van der Waals surface area contributed by atoms with E-state index in [1.54, 1.807) is 12.1 Å². The maximum absolute atomic E-state index is 11.3. The summed E-state index contributed by atoms with van der Waals surface area (Å²) in [6, 6.07) is 7.34. The third kappa shape index (κ3) is 1.94. The van der Waals surface area contributed by atoms with E-state index in [0.29, 0.717) is 5.02 Å². The average Bonchev–Trinajstić information content (AvgIpc) is 2.25. The van der Waals surface area contributed by atoms with Crippen molar-refractivity contribution < 1.29 is 9.90 Å². The van der Waals surface area contributed by atoms with Crippen molar-refractivity contribution in [3.63, 3.8) is 0 Å². The topological polar surface area (TPSA) is 37.3 Å². The summed E-state index contributed by atoms with van der Waals surface area (Å²) in [4.78, 5) is 12.3. The molecule has 0 spiro atoms. The molecule has 1 N–H and O–H groups in total. The highest BCUT2D eigenvalue weighted by Crippen LogP contribution is 2.51. The normalized spacial score (nSPS) is 28.5. The van der Waals surface area contributed by atoms with Crippen LogP contribution in [-0.4, -0.2) is 15.8 Å². The molecule has 0 heterocycles. The van der Waals surface area contributed by atoms with Gasteiger partial charge >= 0.3 is 5.97 Å². The summed E-state index contributed by atoms with van der Waals surface area (Å²) in [5.74, 6) is -0.475. The second kappa shape index (κ2) is 4.30. The quantitative estimate of drug-likeness (QED) is 0.896. The molecular formula is C12H13ClO2S. The number of benzene rings is 1. The number of halogens is 1. The fourth-order valence-corrected chi connectivity index (χ4v) is 3.37. The van der Waals surface area contributed by atoms with Gasteiger partial charge in [0.2, 0.25) is 0 Å². The summed E-state index contributed by atoms with van der Waals surface area (Å²) in [6.07, 6.45) is 1.74. The first-order valence-electron chi connectivity index (χ1n) is 5.22. The Hall–Kier alpha value is -0.670. The molecule has 1 aromatic rings. The highest BCUT2D eigenvalue weighted by molar-refractivity contribution is 8.01. The lowest BCUT2D eigenvalue weighted by molar-refractivity contribution is -0.144. The Morgan fingerprint density at radius 2 is 2.12 bits per heavy atom. The highest BCUT2D eigenvalue weighted by atomic mass is 35.5. The molecule has 0 radical (unpaired) electrons. The van der Waals surface area contributed by atoms with E-state index in [9.17, 15) is 9.90 Å². The maximum Gasteiger partial charge on any atom is 0.320 e. The van der Waals surface area contributed by atoms with Crippen LogP contribution in [0.1, 0.15) is 19.8 Å². The van der Waals surface area contributed by atoms with Crippen LogP contribution in [0.15, 0.2) is 29.2 Å². The Morgan fingerprint density at radius 3 is 2.50 bits per heavy atom. The van der Waals surface area contributed by atoms with E-state index < -0.39 is 10.7 Å². The van der Waals surface area contributed by atoms with Crippen LogP contribution >= 0.6 is 23.4 Å². The number of hydrogen-bond donors (Lipinski definition) is 1. The predicted octanol–water partition coefficient (Wildman–Crippen LogP) is 3.69. The molecule has 1 aliphatic rings. The largest absolute Gasteiger partial charge is 0.480 e. The van der Waals surface area contributed by atoms with Gasteiger partial charge in [0.1, 0.15) is 4.75 Å². The molecule has 2 atom stereocenters. The first-order chi connectivity index (χ1) is 7.54. The van der Waals surface area contributed by atoms with Crippen molar-refractivity contribution >= 4 is 29.3 Å². The van der Waals surface area contributed by atoms with Gasteiger partial charge in [0, 0.05) is 9.92 Å². The lowest BCUT2D eigenvalue weighted by Crippen LogP contribution is -2.49. The van der Waals surface area contributed by atoms with Crippen LogP contribution in [-0.2, 0) is 4.79 Å². The van der Waals surface area contributed by atoms with E-state index in [4.69, 9.17) is 11.6 Å². The van der Waals surface area contributed by atoms with E-state index in [2.05, 4.69) is 0 Å². The van der Waals surface area contributed by atoms with E-state index >= 15 is 0 Å². The van der Waals surface area contributed by atoms with Crippen LogP contribution in [0.4, 0.5) is 0 Å². The Bertz CT molecular complexity index is 404. The zero-order valence-corrected chi connectivity index (χ0v) is 10.5. The molecule has 0 saturated heterocycles. The minimum Gasteiger partial charge on any atom is -0.480 e. The zero-order valence-electron chi connectivity index (χ0n) is 8.94. The molecule has 86 valence electrons. The van der Waals surface area contributed by atoms with E-state index in [-0.39, 0.29) is 5.92 Å². The van der Waals surface area contributed by atoms with Crippen LogP contribution in [0.5, 0.6) is 0 Å². The molecule has 1 aromatic carbocycles. The second-order valence-electron chi connectivity index (χ2n) is 4.19. The summed E-state index contributed by atoms with van der Waals surface area (Å²) < 4.78 is -0.631. The van der Waals surface area contributed by atoms with Gasteiger partial charge in [-0.25, -0.2) is 0 Å². The SMILES string of the molecule is CC1CCC1(Sc1ccc(Cl)cc1)C(=O)O. The lowest BCUT2D eigenvalue weighted by Gasteiger charge is -2.43. The Balaban J connectivity index is 2.19. The van der Waals surface area contributed by atoms with Crippen LogP contribution in [0.3, 0.4) is 0 Å². The van der Waals surface area contributed by atoms with Crippen molar-refractivity contribution in [3.8, 4) is 0 Å². The van der Waals surface area contributed by atoms with Gasteiger partial charge in [-0.15, -0.1) is 11.8 Å². The predicted molar refractivity (Wildman–Crippen MR) is 66.1 cm³/mol. The van der Waals surface area contributed by atoms with Crippen LogP contribution in [0, 0.1) is 5.92 Å². The maximum atomic E-state index is 11.3. The van der Waals surface area contributed by atoms with Gasteiger partial charge in [-0.2, -0.15) is 0 Å². The second-order valence-corrected chi connectivity index (χ2v) is 6.03. The standard InChI is InChI=1S/C12H13ClO2S/c1-8-6-7-12(8,11(14)15)16-10-4-2-9(13)3-5-10/h2-5,8H,6-7H2,1H3,(H,14,15). The molecule has 16 heavy (non-hydrogen) atoms. The van der Waals surface area contributed by atoms with Crippen molar-refractivity contribution in [3.05, 3.63) is 29.3 Å². The van der Waals surface area contributed by atoms with E-state index in [1.165, 1.54) is 11.8 Å². The van der Waals surface area contributed by atoms with Gasteiger partial charge in [0.15, 0.2) is 0 Å². The number of thioether (sulfide) groups is 1. The first-order valence-corrected chi connectivity index (χ1v) is 6.42. The molecule has 1 saturated carbocycles. The van der Waals surface area contributed by atoms with E-state index in [1.807, 2.05) is 19.1 Å². The minimum atomic E-state index is -0.703. The van der Waals surface area contributed by atoms with Crippen molar-refractivity contribution in [2.75, 3.05) is 0 Å². The molecule has 0 amide bonds. The Labute approximate surface area is 104 Å². The fraction of sp³-hybridized carbons (Fsp3) is 0.417. The van der Waals surface area contributed by atoms with Crippen LogP contribution in [0.2, 0.25) is 5.02 Å². The molecule has 0 bridgehead atoms. The Morgan fingerprint density at radius 1 is 1.50 bits per heavy atom. The smallest absolute Gasteiger partial charge is 0.320 e. The summed E-state index contributed by atoms with van der Waals surface area (Å²) >= 11 is 7.24. The van der Waals surface area contributed by atoms with Gasteiger partial charge in [-0.1, -0.05) is 18.5 Å². The van der Waals surface area contributed by atoms with E-state index in [0.717, 1.165) is 17.7 Å². The summed E-state index contributed by atoms with van der Waals surface area (Å²) in [7, 11) is 0. The number of carboxylic acid groups (broad SMARTS) is 1. The number of aliphatic carboxylic acids is 1. The molecule has 2 unspecified atom stereocenters. The number of hydrogen-bond acceptors (Lipinski definition) is 2. The zero-order chi connectivity index (χ0) is 11.8. The van der Waals surface area contributed by atoms with Gasteiger partial charge < -0.3 is 5.11 Å². The average molecular weight is 257 g/mol. The molecule has 2 rings (SSSR count). The molecule has 1 fully saturated rings. The summed E-state index contributed by atoms with van der Waals surface area (Å²) in [6.45, 7) is 2.00. The highest BCUT2D eigenvalue weighted by Gasteiger charge is 2.51. The van der Waals surface area contributed by atoms with Crippen LogP contribution < -0.4 is 0 Å². The molecule has 4 heteroatoms. The molecule has 2 nitrogen and oxygen atoms in total. The van der Waals surface area contributed by atoms with Gasteiger partial charge in [-0.05, 0) is 43.0 Å². The summed E-state index contributed by atoms with van der Waals surface area (Å²) in [5.41, 5.74) is 0. The van der Waals surface area contributed by atoms with Crippen molar-refractivity contribution in [2.24, 2.45) is 5.92 Å². The first kappa shape index (κ1) is 11.8. The minimum absolute atomic E-state index is 0.227. The van der Waals surface area contributed by atoms with Gasteiger partial charge in [0.05, 0.1) is 0 Å². The number of carbonyl (C=O) groups is 1. The Kier molecular flexibility index (Phi) is 3.17. The number of rotatable bonds is 3. The molecule has 0 aliphatic heterocycles.